The SMILES string of the molecule is COc1ccc2c(c1)NCCC(=O)[N+]2([O-])c1ccc(NC(=O)c2cccc(C)c2C)cc1. The summed E-state index contributed by atoms with van der Waals surface area (Å²) in [6.07, 6.45) is 0.0889. The molecular formula is C25H25N3O4. The van der Waals surface area contributed by atoms with E-state index in [1.165, 1.54) is 0 Å². The van der Waals surface area contributed by atoms with Crippen LogP contribution in [0, 0.1) is 19.1 Å². The van der Waals surface area contributed by atoms with E-state index in [1.807, 2.05) is 26.0 Å². The number of hydrogen-bond donors (Lipinski definition) is 2. The van der Waals surface area contributed by atoms with Gasteiger partial charge in [0.2, 0.25) is 0 Å². The lowest BCUT2D eigenvalue weighted by Gasteiger charge is -2.38. The maximum absolute atomic E-state index is 14.0. The predicted molar refractivity (Wildman–Crippen MR) is 126 cm³/mol. The van der Waals surface area contributed by atoms with Crippen molar-refractivity contribution in [2.24, 2.45) is 0 Å². The normalized spacial score (nSPS) is 17.7. The van der Waals surface area contributed by atoms with Gasteiger partial charge in [-0.05, 0) is 49.2 Å². The Balaban J connectivity index is 1.65. The Kier molecular flexibility index (Phi) is 5.69. The van der Waals surface area contributed by atoms with Crippen molar-refractivity contribution in [1.29, 1.82) is 0 Å². The zero-order valence-electron chi connectivity index (χ0n) is 18.3. The number of nitrogens with zero attached hydrogens (tertiary/aromatic N) is 1. The molecule has 7 heteroatoms. The van der Waals surface area contributed by atoms with Gasteiger partial charge in [0.05, 0.1) is 13.5 Å². The van der Waals surface area contributed by atoms with E-state index in [1.54, 1.807) is 55.6 Å². The second-order valence-corrected chi connectivity index (χ2v) is 7.81. The van der Waals surface area contributed by atoms with E-state index in [0.717, 1.165) is 11.1 Å². The molecule has 1 heterocycles. The van der Waals surface area contributed by atoms with Crippen molar-refractivity contribution in [2.75, 3.05) is 24.3 Å². The van der Waals surface area contributed by atoms with Gasteiger partial charge in [0.1, 0.15) is 17.1 Å². The Morgan fingerprint density at radius 2 is 1.84 bits per heavy atom. The summed E-state index contributed by atoms with van der Waals surface area (Å²) >= 11 is 0. The Morgan fingerprint density at radius 3 is 2.56 bits per heavy atom. The smallest absolute Gasteiger partial charge is 0.325 e. The molecule has 1 unspecified atom stereocenters. The van der Waals surface area contributed by atoms with Gasteiger partial charge in [-0.2, -0.15) is 0 Å². The zero-order chi connectivity index (χ0) is 22.9. The maximum atomic E-state index is 14.0. The van der Waals surface area contributed by atoms with Crippen LogP contribution in [0.3, 0.4) is 0 Å². The molecule has 0 fully saturated rings. The van der Waals surface area contributed by atoms with Crippen molar-refractivity contribution in [3.05, 3.63) is 82.6 Å². The maximum Gasteiger partial charge on any atom is 0.325 e. The van der Waals surface area contributed by atoms with Crippen molar-refractivity contribution < 1.29 is 14.3 Å². The molecule has 0 spiro atoms. The van der Waals surface area contributed by atoms with Crippen LogP contribution in [0.1, 0.15) is 27.9 Å². The molecule has 0 saturated heterocycles. The van der Waals surface area contributed by atoms with Crippen LogP contribution in [-0.4, -0.2) is 25.5 Å². The summed E-state index contributed by atoms with van der Waals surface area (Å²) in [5.41, 5.74) is 4.24. The summed E-state index contributed by atoms with van der Waals surface area (Å²) in [5, 5.41) is 20.0. The summed E-state index contributed by atoms with van der Waals surface area (Å²) in [6, 6.07) is 17.0. The van der Waals surface area contributed by atoms with Crippen molar-refractivity contribution in [3.8, 4) is 5.75 Å². The van der Waals surface area contributed by atoms with E-state index in [4.69, 9.17) is 4.74 Å². The fourth-order valence-electron chi connectivity index (χ4n) is 3.89. The number of carbonyl (C=O) groups is 2. The molecule has 2 amide bonds. The van der Waals surface area contributed by atoms with Crippen LogP contribution in [0.5, 0.6) is 5.75 Å². The van der Waals surface area contributed by atoms with Crippen molar-refractivity contribution in [2.45, 2.75) is 20.3 Å². The molecule has 1 aliphatic heterocycles. The highest BCUT2D eigenvalue weighted by Crippen LogP contribution is 2.43. The molecule has 3 aromatic carbocycles. The first-order chi connectivity index (χ1) is 15.3. The summed E-state index contributed by atoms with van der Waals surface area (Å²) in [5.74, 6) is -0.0901. The van der Waals surface area contributed by atoms with Crippen LogP contribution in [0.25, 0.3) is 0 Å². The molecule has 0 radical (unpaired) electrons. The summed E-state index contributed by atoms with van der Waals surface area (Å²) in [7, 11) is 1.55. The summed E-state index contributed by atoms with van der Waals surface area (Å²) in [4.78, 5) is 25.6. The van der Waals surface area contributed by atoms with Crippen LogP contribution in [-0.2, 0) is 4.79 Å². The van der Waals surface area contributed by atoms with Gasteiger partial charge in [0, 0.05) is 42.1 Å². The Labute approximate surface area is 186 Å². The van der Waals surface area contributed by atoms with Gasteiger partial charge < -0.3 is 20.6 Å². The molecule has 1 atom stereocenters. The van der Waals surface area contributed by atoms with Crippen LogP contribution in [0.2, 0.25) is 0 Å². The molecule has 2 N–H and O–H groups in total. The third kappa shape index (κ3) is 3.72. The number of aryl methyl sites for hydroxylation is 1. The van der Waals surface area contributed by atoms with E-state index in [0.29, 0.717) is 34.9 Å². The van der Waals surface area contributed by atoms with E-state index in [9.17, 15) is 14.8 Å². The zero-order valence-corrected chi connectivity index (χ0v) is 18.3. The third-order valence-corrected chi connectivity index (χ3v) is 5.89. The average molecular weight is 431 g/mol. The van der Waals surface area contributed by atoms with Crippen molar-refractivity contribution in [3.63, 3.8) is 0 Å². The van der Waals surface area contributed by atoms with E-state index in [2.05, 4.69) is 10.6 Å². The Hall–Kier alpha value is -3.68. The number of benzene rings is 3. The number of quaternary nitrogens is 1. The Morgan fingerprint density at radius 1 is 1.09 bits per heavy atom. The van der Waals surface area contributed by atoms with Gasteiger partial charge in [-0.15, -0.1) is 0 Å². The Bertz CT molecular complexity index is 1190. The monoisotopic (exact) mass is 431 g/mol. The number of carbonyl (C=O) groups excluding carboxylic acids is 2. The molecular weight excluding hydrogens is 406 g/mol. The lowest BCUT2D eigenvalue weighted by atomic mass is 10.0. The highest BCUT2D eigenvalue weighted by atomic mass is 16.6. The van der Waals surface area contributed by atoms with Crippen LogP contribution < -0.4 is 20.0 Å². The van der Waals surface area contributed by atoms with Crippen molar-refractivity contribution >= 4 is 34.6 Å². The molecule has 7 nitrogen and oxygen atoms in total. The molecule has 0 aromatic heterocycles. The largest absolute Gasteiger partial charge is 0.614 e. The molecule has 0 saturated carbocycles. The fraction of sp³-hybridized carbons (Fsp3) is 0.200. The molecule has 0 aliphatic carbocycles. The number of hydrogen-bond acceptors (Lipinski definition) is 5. The van der Waals surface area contributed by atoms with E-state index >= 15 is 0 Å². The minimum atomic E-state index is -1.21. The summed E-state index contributed by atoms with van der Waals surface area (Å²) in [6.45, 7) is 4.23. The van der Waals surface area contributed by atoms with Crippen molar-refractivity contribution in [1.82, 2.24) is 4.65 Å². The van der Waals surface area contributed by atoms with Gasteiger partial charge >= 0.3 is 5.91 Å². The molecule has 32 heavy (non-hydrogen) atoms. The molecule has 0 bridgehead atoms. The predicted octanol–water partition coefficient (Wildman–Crippen LogP) is 5.04. The van der Waals surface area contributed by atoms with Crippen LogP contribution in [0.15, 0.2) is 60.7 Å². The lowest BCUT2D eigenvalue weighted by Crippen LogP contribution is -2.43. The molecule has 4 rings (SSSR count). The van der Waals surface area contributed by atoms with Gasteiger partial charge in [0.15, 0.2) is 5.69 Å². The number of ether oxygens (including phenoxy) is 1. The minimum Gasteiger partial charge on any atom is -0.614 e. The highest BCUT2D eigenvalue weighted by molar-refractivity contribution is 6.06. The van der Waals surface area contributed by atoms with E-state index < -0.39 is 10.6 Å². The number of anilines is 2. The van der Waals surface area contributed by atoms with Gasteiger partial charge in [-0.25, -0.2) is 9.44 Å². The number of methoxy groups -OCH3 is 1. The quantitative estimate of drug-likeness (QED) is 0.446. The summed E-state index contributed by atoms with van der Waals surface area (Å²) < 4.78 is 4.04. The molecule has 1 aliphatic rings. The van der Waals surface area contributed by atoms with Gasteiger partial charge in [-0.1, -0.05) is 12.1 Å². The first-order valence-electron chi connectivity index (χ1n) is 10.4. The lowest BCUT2D eigenvalue weighted by molar-refractivity contribution is -0.125. The van der Waals surface area contributed by atoms with E-state index in [-0.39, 0.29) is 18.0 Å². The minimum absolute atomic E-state index is 0.0889. The topological polar surface area (TPSA) is 90.5 Å². The number of amides is 2. The third-order valence-electron chi connectivity index (χ3n) is 5.89. The number of fused-ring (bicyclic) bond motifs is 1. The standard InChI is InChI=1S/C25H25N3O4/c1-16-5-4-6-21(17(16)2)25(30)27-18-7-9-19(10-8-18)28(31)23-12-11-20(32-3)15-22(23)26-14-13-24(28)29/h4-12,15,26H,13-14H2,1-3H3,(H,27,30). The second-order valence-electron chi connectivity index (χ2n) is 7.81. The first-order valence-corrected chi connectivity index (χ1v) is 10.4. The number of hydroxylamine groups is 1. The van der Waals surface area contributed by atoms with Gasteiger partial charge in [-0.3, -0.25) is 4.79 Å². The number of rotatable bonds is 4. The molecule has 164 valence electrons. The first kappa shape index (κ1) is 21.5. The van der Waals surface area contributed by atoms with Crippen LogP contribution >= 0.6 is 0 Å². The fourth-order valence-corrected chi connectivity index (χ4v) is 3.89. The average Bonchev–Trinajstić information content (AvgIpc) is 2.92. The molecule has 3 aromatic rings. The highest BCUT2D eigenvalue weighted by Gasteiger charge is 2.37. The number of nitrogens with one attached hydrogen (secondary N) is 2. The van der Waals surface area contributed by atoms with Gasteiger partial charge in [0.25, 0.3) is 5.91 Å². The van der Waals surface area contributed by atoms with Crippen LogP contribution in [0.4, 0.5) is 22.7 Å². The second kappa shape index (κ2) is 8.45.